The molecule has 3 aromatic rings. The van der Waals surface area contributed by atoms with Crippen molar-refractivity contribution in [1.29, 1.82) is 0 Å². The Morgan fingerprint density at radius 3 is 2.70 bits per heavy atom. The summed E-state index contributed by atoms with van der Waals surface area (Å²) in [6.45, 7) is 1.95. The summed E-state index contributed by atoms with van der Waals surface area (Å²) in [6.07, 6.45) is -1.35. The van der Waals surface area contributed by atoms with Gasteiger partial charge in [-0.15, -0.1) is 0 Å². The zero-order chi connectivity index (χ0) is 20.7. The quantitative estimate of drug-likeness (QED) is 0.652. The van der Waals surface area contributed by atoms with Gasteiger partial charge in [0.15, 0.2) is 0 Å². The number of fused-ring (bicyclic) bond motifs is 2. The molecule has 4 heterocycles. The fourth-order valence-corrected chi connectivity index (χ4v) is 4.47. The molecule has 9 heteroatoms. The second kappa shape index (κ2) is 7.46. The molecule has 2 N–H and O–H groups in total. The van der Waals surface area contributed by atoms with Crippen LogP contribution in [0.2, 0.25) is 0 Å². The van der Waals surface area contributed by atoms with E-state index in [1.165, 1.54) is 6.33 Å². The highest BCUT2D eigenvalue weighted by molar-refractivity contribution is 5.88. The van der Waals surface area contributed by atoms with E-state index in [0.717, 1.165) is 30.2 Å². The van der Waals surface area contributed by atoms with Crippen molar-refractivity contribution in [3.63, 3.8) is 0 Å². The van der Waals surface area contributed by atoms with Gasteiger partial charge in [-0.05, 0) is 30.9 Å². The van der Waals surface area contributed by atoms with Gasteiger partial charge >= 0.3 is 6.18 Å². The zero-order valence-electron chi connectivity index (χ0n) is 16.1. The van der Waals surface area contributed by atoms with Crippen molar-refractivity contribution in [3.8, 4) is 5.75 Å². The summed E-state index contributed by atoms with van der Waals surface area (Å²) in [4.78, 5) is 10.6. The van der Waals surface area contributed by atoms with Crippen LogP contribution in [0.1, 0.15) is 30.1 Å². The van der Waals surface area contributed by atoms with E-state index in [4.69, 9.17) is 9.47 Å². The van der Waals surface area contributed by atoms with Crippen LogP contribution in [0.15, 0.2) is 36.7 Å². The van der Waals surface area contributed by atoms with Gasteiger partial charge in [-0.3, -0.25) is 0 Å². The SMILES string of the molecule is FC(F)(F)c1cc2c(NC3c4ccccc4OC[C@@H]3C3CCOCC3)ncnc2[nH]1. The Labute approximate surface area is 170 Å². The molecule has 0 aliphatic carbocycles. The standard InChI is InChI=1S/C21H21F3N4O2/c22-21(23,24)17-9-14-19(27-17)25-11-26-20(14)28-18-13-3-1-2-4-16(13)30-10-15(18)12-5-7-29-8-6-12/h1-4,9,11-12,15,18H,5-8,10H2,(H2,25,26,27,28)/t15-,18?/m1/s1. The van der Waals surface area contributed by atoms with E-state index in [9.17, 15) is 13.2 Å². The molecule has 0 amide bonds. The number of H-pyrrole nitrogens is 1. The number of para-hydroxylation sites is 1. The molecule has 2 aliphatic rings. The minimum absolute atomic E-state index is 0.139. The molecule has 0 saturated carbocycles. The van der Waals surface area contributed by atoms with Gasteiger partial charge in [0.05, 0.1) is 18.0 Å². The molecule has 30 heavy (non-hydrogen) atoms. The van der Waals surface area contributed by atoms with Crippen LogP contribution in [-0.4, -0.2) is 34.8 Å². The lowest BCUT2D eigenvalue weighted by Crippen LogP contribution is -2.38. The number of rotatable bonds is 3. The molecule has 158 valence electrons. The fraction of sp³-hybridized carbons (Fsp3) is 0.429. The summed E-state index contributed by atoms with van der Waals surface area (Å²) in [7, 11) is 0. The lowest BCUT2D eigenvalue weighted by Gasteiger charge is -2.40. The van der Waals surface area contributed by atoms with Crippen molar-refractivity contribution in [2.24, 2.45) is 11.8 Å². The number of benzene rings is 1. The molecular formula is C21H21F3N4O2. The lowest BCUT2D eigenvalue weighted by molar-refractivity contribution is -0.140. The third-order valence-electron chi connectivity index (χ3n) is 6.01. The first-order valence-corrected chi connectivity index (χ1v) is 9.97. The van der Waals surface area contributed by atoms with Crippen LogP contribution >= 0.6 is 0 Å². The molecule has 1 aromatic carbocycles. The molecule has 1 saturated heterocycles. The van der Waals surface area contributed by atoms with Crippen LogP contribution in [0.4, 0.5) is 19.0 Å². The molecule has 1 fully saturated rings. The minimum Gasteiger partial charge on any atom is -0.493 e. The van der Waals surface area contributed by atoms with Crippen molar-refractivity contribution in [1.82, 2.24) is 15.0 Å². The van der Waals surface area contributed by atoms with E-state index in [-0.39, 0.29) is 17.6 Å². The van der Waals surface area contributed by atoms with Crippen LogP contribution in [0.3, 0.4) is 0 Å². The van der Waals surface area contributed by atoms with Crippen molar-refractivity contribution in [2.45, 2.75) is 25.1 Å². The van der Waals surface area contributed by atoms with Gasteiger partial charge in [-0.25, -0.2) is 9.97 Å². The van der Waals surface area contributed by atoms with Crippen molar-refractivity contribution < 1.29 is 22.6 Å². The Bertz CT molecular complexity index is 1050. The van der Waals surface area contributed by atoms with Gasteiger partial charge < -0.3 is 19.8 Å². The lowest BCUT2D eigenvalue weighted by atomic mass is 9.77. The summed E-state index contributed by atoms with van der Waals surface area (Å²) in [6, 6.07) is 8.69. The van der Waals surface area contributed by atoms with Gasteiger partial charge in [-0.1, -0.05) is 18.2 Å². The van der Waals surface area contributed by atoms with E-state index in [2.05, 4.69) is 20.3 Å². The number of nitrogens with one attached hydrogen (secondary N) is 2. The summed E-state index contributed by atoms with van der Waals surface area (Å²) in [5.41, 5.74) is 0.302. The molecule has 0 spiro atoms. The van der Waals surface area contributed by atoms with Crippen molar-refractivity contribution >= 4 is 16.9 Å². The Morgan fingerprint density at radius 2 is 1.90 bits per heavy atom. The average molecular weight is 418 g/mol. The number of ether oxygens (including phenoxy) is 2. The number of nitrogens with zero attached hydrogens (tertiary/aromatic N) is 2. The van der Waals surface area contributed by atoms with Crippen molar-refractivity contribution in [2.75, 3.05) is 25.1 Å². The smallest absolute Gasteiger partial charge is 0.431 e. The van der Waals surface area contributed by atoms with Crippen LogP contribution < -0.4 is 10.1 Å². The van der Waals surface area contributed by atoms with Gasteiger partial charge in [0, 0.05) is 24.7 Å². The fourth-order valence-electron chi connectivity index (χ4n) is 4.47. The van der Waals surface area contributed by atoms with Crippen LogP contribution in [-0.2, 0) is 10.9 Å². The zero-order valence-corrected chi connectivity index (χ0v) is 16.1. The largest absolute Gasteiger partial charge is 0.493 e. The molecule has 0 bridgehead atoms. The first kappa shape index (κ1) is 19.2. The Morgan fingerprint density at radius 1 is 1.10 bits per heavy atom. The summed E-state index contributed by atoms with van der Waals surface area (Å²) in [5.74, 6) is 1.70. The molecule has 2 aliphatic heterocycles. The maximum Gasteiger partial charge on any atom is 0.431 e. The first-order valence-electron chi connectivity index (χ1n) is 9.97. The van der Waals surface area contributed by atoms with Crippen LogP contribution in [0.25, 0.3) is 11.0 Å². The summed E-state index contributed by atoms with van der Waals surface area (Å²) < 4.78 is 51.1. The number of aromatic amines is 1. The molecule has 6 nitrogen and oxygen atoms in total. The van der Waals surface area contributed by atoms with Gasteiger partial charge in [0.25, 0.3) is 0 Å². The molecule has 1 unspecified atom stereocenters. The molecule has 2 aromatic heterocycles. The third kappa shape index (κ3) is 3.47. The predicted molar refractivity (Wildman–Crippen MR) is 104 cm³/mol. The minimum atomic E-state index is -4.48. The van der Waals surface area contributed by atoms with Crippen LogP contribution in [0.5, 0.6) is 5.75 Å². The molecule has 5 rings (SSSR count). The van der Waals surface area contributed by atoms with Gasteiger partial charge in [0.2, 0.25) is 0 Å². The van der Waals surface area contributed by atoms with E-state index in [0.29, 0.717) is 36.9 Å². The predicted octanol–water partition coefficient (Wildman–Crippen LogP) is 4.57. The average Bonchev–Trinajstić information content (AvgIpc) is 3.21. The highest BCUT2D eigenvalue weighted by atomic mass is 19.4. The second-order valence-electron chi connectivity index (χ2n) is 7.75. The molecule has 0 radical (unpaired) electrons. The Kier molecular flexibility index (Phi) is 4.77. The van der Waals surface area contributed by atoms with Gasteiger partial charge in [-0.2, -0.15) is 13.2 Å². The monoisotopic (exact) mass is 418 g/mol. The maximum absolute atomic E-state index is 13.2. The Hall–Kier alpha value is -2.81. The van der Waals surface area contributed by atoms with E-state index < -0.39 is 11.9 Å². The number of alkyl halides is 3. The Balaban J connectivity index is 1.54. The number of hydrogen-bond donors (Lipinski definition) is 2. The molecule has 2 atom stereocenters. The highest BCUT2D eigenvalue weighted by Crippen LogP contribution is 2.43. The summed E-state index contributed by atoms with van der Waals surface area (Å²) in [5, 5.41) is 3.75. The van der Waals surface area contributed by atoms with Gasteiger partial charge in [0.1, 0.15) is 29.2 Å². The summed E-state index contributed by atoms with van der Waals surface area (Å²) >= 11 is 0. The maximum atomic E-state index is 13.2. The third-order valence-corrected chi connectivity index (χ3v) is 6.01. The molecular weight excluding hydrogens is 397 g/mol. The number of aromatic nitrogens is 3. The van der Waals surface area contributed by atoms with Crippen LogP contribution in [0, 0.1) is 11.8 Å². The topological polar surface area (TPSA) is 72.1 Å². The number of hydrogen-bond acceptors (Lipinski definition) is 5. The van der Waals surface area contributed by atoms with Crippen molar-refractivity contribution in [3.05, 3.63) is 47.9 Å². The van der Waals surface area contributed by atoms with E-state index >= 15 is 0 Å². The number of halogens is 3. The van der Waals surface area contributed by atoms with E-state index in [1.54, 1.807) is 0 Å². The second-order valence-corrected chi connectivity index (χ2v) is 7.75. The van der Waals surface area contributed by atoms with E-state index in [1.807, 2.05) is 24.3 Å². The normalized spacial score (nSPS) is 22.5. The number of anilines is 1. The first-order chi connectivity index (χ1) is 14.5. The highest BCUT2D eigenvalue weighted by Gasteiger charge is 2.38.